The molecular weight excluding hydrogens is 282 g/mol. The molecule has 0 fully saturated rings. The Hall–Kier alpha value is -2.95. The molecule has 0 unspecified atom stereocenters. The predicted octanol–water partition coefficient (Wildman–Crippen LogP) is 2.75. The van der Waals surface area contributed by atoms with E-state index < -0.39 is 5.97 Å². The first-order chi connectivity index (χ1) is 10.5. The maximum absolute atomic E-state index is 12.5. The van der Waals surface area contributed by atoms with Crippen LogP contribution >= 0.6 is 0 Å². The molecular formula is C17H13NO4. The highest BCUT2D eigenvalue weighted by atomic mass is 16.4. The first-order valence-corrected chi connectivity index (χ1v) is 6.88. The van der Waals surface area contributed by atoms with Crippen molar-refractivity contribution in [3.05, 3.63) is 64.7 Å². The van der Waals surface area contributed by atoms with Gasteiger partial charge in [-0.3, -0.25) is 9.59 Å². The molecule has 2 amide bonds. The highest BCUT2D eigenvalue weighted by Gasteiger charge is 2.36. The Morgan fingerprint density at radius 1 is 1.00 bits per heavy atom. The molecule has 0 bridgehead atoms. The molecule has 0 saturated carbocycles. The first-order valence-electron chi connectivity index (χ1n) is 6.88. The van der Waals surface area contributed by atoms with Crippen LogP contribution < -0.4 is 4.90 Å². The van der Waals surface area contributed by atoms with E-state index >= 15 is 0 Å². The molecule has 1 heterocycles. The standard InChI is InChI=1S/C17H13NO4/c1-2-10-3-8-13-14(9-10)16(20)18(15(13)19)12-6-4-11(5-7-12)17(21)22/h3-9H,2H2,1H3,(H,21,22). The van der Waals surface area contributed by atoms with Gasteiger partial charge in [0.1, 0.15) is 0 Å². The van der Waals surface area contributed by atoms with Gasteiger partial charge in [-0.15, -0.1) is 0 Å². The van der Waals surface area contributed by atoms with Crippen molar-refractivity contribution in [3.63, 3.8) is 0 Å². The number of carboxylic acids is 1. The van der Waals surface area contributed by atoms with E-state index in [1.165, 1.54) is 24.3 Å². The van der Waals surface area contributed by atoms with Gasteiger partial charge >= 0.3 is 5.97 Å². The zero-order valence-corrected chi connectivity index (χ0v) is 11.9. The van der Waals surface area contributed by atoms with E-state index in [2.05, 4.69) is 0 Å². The van der Waals surface area contributed by atoms with Crippen LogP contribution in [-0.2, 0) is 6.42 Å². The number of rotatable bonds is 3. The molecule has 1 N–H and O–H groups in total. The van der Waals surface area contributed by atoms with Crippen molar-refractivity contribution in [1.29, 1.82) is 0 Å². The average Bonchev–Trinajstić information content (AvgIpc) is 2.78. The average molecular weight is 295 g/mol. The van der Waals surface area contributed by atoms with Crippen molar-refractivity contribution in [1.82, 2.24) is 0 Å². The Morgan fingerprint density at radius 2 is 1.64 bits per heavy atom. The number of amides is 2. The smallest absolute Gasteiger partial charge is 0.335 e. The second-order valence-electron chi connectivity index (χ2n) is 5.03. The fraction of sp³-hybridized carbons (Fsp3) is 0.118. The molecule has 1 aliphatic heterocycles. The summed E-state index contributed by atoms with van der Waals surface area (Å²) in [5, 5.41) is 8.90. The number of carbonyl (C=O) groups excluding carboxylic acids is 2. The van der Waals surface area contributed by atoms with Crippen LogP contribution in [0.1, 0.15) is 43.6 Å². The second kappa shape index (κ2) is 5.11. The van der Waals surface area contributed by atoms with Gasteiger partial charge in [0.25, 0.3) is 11.8 Å². The fourth-order valence-corrected chi connectivity index (χ4v) is 2.50. The lowest BCUT2D eigenvalue weighted by molar-refractivity contribution is 0.0696. The molecule has 5 nitrogen and oxygen atoms in total. The van der Waals surface area contributed by atoms with Crippen molar-refractivity contribution >= 4 is 23.5 Å². The number of aromatic carboxylic acids is 1. The summed E-state index contributed by atoms with van der Waals surface area (Å²) in [5.41, 5.74) is 2.24. The number of hydrogen-bond acceptors (Lipinski definition) is 3. The monoisotopic (exact) mass is 295 g/mol. The highest BCUT2D eigenvalue weighted by molar-refractivity contribution is 6.34. The topological polar surface area (TPSA) is 74.7 Å². The second-order valence-corrected chi connectivity index (χ2v) is 5.03. The van der Waals surface area contributed by atoms with Crippen LogP contribution in [0.15, 0.2) is 42.5 Å². The molecule has 22 heavy (non-hydrogen) atoms. The van der Waals surface area contributed by atoms with Crippen molar-refractivity contribution < 1.29 is 19.5 Å². The molecule has 0 radical (unpaired) electrons. The summed E-state index contributed by atoms with van der Waals surface area (Å²) in [5.74, 6) is -1.81. The van der Waals surface area contributed by atoms with Gasteiger partial charge in [0, 0.05) is 0 Å². The van der Waals surface area contributed by atoms with E-state index in [1.807, 2.05) is 13.0 Å². The normalized spacial score (nSPS) is 13.4. The highest BCUT2D eigenvalue weighted by Crippen LogP contribution is 2.29. The quantitative estimate of drug-likeness (QED) is 0.883. The number of anilines is 1. The Balaban J connectivity index is 2.01. The lowest BCUT2D eigenvalue weighted by atomic mass is 10.0. The van der Waals surface area contributed by atoms with Crippen LogP contribution in [0.25, 0.3) is 0 Å². The summed E-state index contributed by atoms with van der Waals surface area (Å²) in [6, 6.07) is 10.9. The predicted molar refractivity (Wildman–Crippen MR) is 80.4 cm³/mol. The molecule has 0 aromatic heterocycles. The largest absolute Gasteiger partial charge is 0.478 e. The summed E-state index contributed by atoms with van der Waals surface area (Å²) in [6.45, 7) is 1.98. The molecule has 2 aromatic carbocycles. The van der Waals surface area contributed by atoms with Gasteiger partial charge in [-0.05, 0) is 48.4 Å². The summed E-state index contributed by atoms with van der Waals surface area (Å²) < 4.78 is 0. The van der Waals surface area contributed by atoms with Crippen molar-refractivity contribution in [2.75, 3.05) is 4.90 Å². The Kier molecular flexibility index (Phi) is 3.25. The lowest BCUT2D eigenvalue weighted by Gasteiger charge is -2.13. The number of benzene rings is 2. The van der Waals surface area contributed by atoms with Crippen LogP contribution in [0.3, 0.4) is 0 Å². The molecule has 0 spiro atoms. The number of aryl methyl sites for hydroxylation is 1. The van der Waals surface area contributed by atoms with Crippen molar-refractivity contribution in [2.24, 2.45) is 0 Å². The van der Waals surface area contributed by atoms with Gasteiger partial charge in [-0.1, -0.05) is 13.0 Å². The Labute approximate surface area is 126 Å². The van der Waals surface area contributed by atoms with E-state index in [1.54, 1.807) is 12.1 Å². The summed E-state index contributed by atoms with van der Waals surface area (Å²) in [6.07, 6.45) is 0.780. The van der Waals surface area contributed by atoms with Crippen LogP contribution in [0.2, 0.25) is 0 Å². The van der Waals surface area contributed by atoms with E-state index in [0.29, 0.717) is 16.8 Å². The van der Waals surface area contributed by atoms with Gasteiger partial charge in [0.15, 0.2) is 0 Å². The van der Waals surface area contributed by atoms with E-state index in [-0.39, 0.29) is 17.4 Å². The van der Waals surface area contributed by atoms with Gasteiger partial charge in [0.05, 0.1) is 22.4 Å². The number of fused-ring (bicyclic) bond motifs is 1. The minimum atomic E-state index is -1.05. The van der Waals surface area contributed by atoms with E-state index in [0.717, 1.165) is 16.9 Å². The SMILES string of the molecule is CCc1ccc2c(c1)C(=O)N(c1ccc(C(=O)O)cc1)C2=O. The van der Waals surface area contributed by atoms with Gasteiger partial charge in [-0.25, -0.2) is 9.69 Å². The minimum absolute atomic E-state index is 0.105. The van der Waals surface area contributed by atoms with Gasteiger partial charge in [0.2, 0.25) is 0 Å². The third-order valence-electron chi connectivity index (χ3n) is 3.73. The molecule has 0 atom stereocenters. The first kappa shape index (κ1) is 14.0. The summed E-state index contributed by atoms with van der Waals surface area (Å²) >= 11 is 0. The summed E-state index contributed by atoms with van der Waals surface area (Å²) in [4.78, 5) is 36.8. The summed E-state index contributed by atoms with van der Waals surface area (Å²) in [7, 11) is 0. The van der Waals surface area contributed by atoms with Crippen LogP contribution in [0.5, 0.6) is 0 Å². The fourth-order valence-electron chi connectivity index (χ4n) is 2.50. The van der Waals surface area contributed by atoms with Crippen molar-refractivity contribution in [2.45, 2.75) is 13.3 Å². The number of nitrogens with zero attached hydrogens (tertiary/aromatic N) is 1. The maximum atomic E-state index is 12.5. The number of carbonyl (C=O) groups is 3. The molecule has 110 valence electrons. The molecule has 2 aromatic rings. The molecule has 0 saturated heterocycles. The number of carboxylic acid groups (broad SMARTS) is 1. The maximum Gasteiger partial charge on any atom is 0.335 e. The van der Waals surface area contributed by atoms with Crippen LogP contribution in [0.4, 0.5) is 5.69 Å². The molecule has 3 rings (SSSR count). The Morgan fingerprint density at radius 3 is 2.23 bits per heavy atom. The van der Waals surface area contributed by atoms with Crippen LogP contribution in [-0.4, -0.2) is 22.9 Å². The third kappa shape index (κ3) is 2.07. The van der Waals surface area contributed by atoms with Crippen LogP contribution in [0, 0.1) is 0 Å². The zero-order valence-electron chi connectivity index (χ0n) is 11.9. The van der Waals surface area contributed by atoms with Crippen molar-refractivity contribution in [3.8, 4) is 0 Å². The Bertz CT molecular complexity index is 793. The lowest BCUT2D eigenvalue weighted by Crippen LogP contribution is -2.29. The number of hydrogen-bond donors (Lipinski definition) is 1. The zero-order chi connectivity index (χ0) is 15.9. The molecule has 0 aliphatic carbocycles. The number of imide groups is 1. The third-order valence-corrected chi connectivity index (χ3v) is 3.73. The molecule has 1 aliphatic rings. The minimum Gasteiger partial charge on any atom is -0.478 e. The van der Waals surface area contributed by atoms with E-state index in [4.69, 9.17) is 5.11 Å². The van der Waals surface area contributed by atoms with Gasteiger partial charge in [-0.2, -0.15) is 0 Å². The van der Waals surface area contributed by atoms with Gasteiger partial charge < -0.3 is 5.11 Å². The molecule has 5 heteroatoms. The van der Waals surface area contributed by atoms with E-state index in [9.17, 15) is 14.4 Å².